The van der Waals surface area contributed by atoms with E-state index in [-0.39, 0.29) is 57.6 Å². The van der Waals surface area contributed by atoms with E-state index in [0.29, 0.717) is 72.3 Å². The minimum atomic E-state index is -3.29. The third-order valence-corrected chi connectivity index (χ3v) is 16.8. The topological polar surface area (TPSA) is 312 Å². The molecular formula is C64H62BClN14O8S2. The third kappa shape index (κ3) is 14.8. The fourth-order valence-electron chi connectivity index (χ4n) is 9.97. The number of nitrogens with zero attached hydrogens (tertiary/aromatic N) is 10. The van der Waals surface area contributed by atoms with Crippen LogP contribution < -0.4 is 38.7 Å². The number of rotatable bonds is 14. The Morgan fingerprint density at radius 2 is 1.14 bits per heavy atom. The van der Waals surface area contributed by atoms with E-state index in [1.807, 2.05) is 139 Å². The van der Waals surface area contributed by atoms with Crippen molar-refractivity contribution in [3.05, 3.63) is 224 Å². The molecule has 0 spiro atoms. The summed E-state index contributed by atoms with van der Waals surface area (Å²) in [5, 5.41) is 18.7. The third-order valence-electron chi connectivity index (χ3n) is 14.9. The van der Waals surface area contributed by atoms with Crippen molar-refractivity contribution < 1.29 is 26.1 Å². The molecule has 90 heavy (non-hydrogen) atoms. The highest BCUT2D eigenvalue weighted by Crippen LogP contribution is 2.37. The number of hydrogen-bond acceptors (Lipinski definition) is 19. The Morgan fingerprint density at radius 1 is 0.656 bits per heavy atom. The molecule has 2 atom stereocenters. The predicted molar refractivity (Wildman–Crippen MR) is 352 cm³/mol. The molecule has 1 fully saturated rings. The van der Waals surface area contributed by atoms with E-state index in [9.17, 15) is 31.7 Å². The summed E-state index contributed by atoms with van der Waals surface area (Å²) in [6, 6.07) is 41.5. The number of para-hydroxylation sites is 2. The second-order valence-corrected chi connectivity index (χ2v) is 27.0. The lowest BCUT2D eigenvalue weighted by atomic mass is 9.79. The van der Waals surface area contributed by atoms with Crippen molar-refractivity contribution >= 4 is 94.6 Å². The van der Waals surface area contributed by atoms with E-state index in [2.05, 4.69) is 51.5 Å². The Bertz CT molecular complexity index is 4800. The van der Waals surface area contributed by atoms with Crippen molar-refractivity contribution in [1.29, 1.82) is 5.26 Å². The number of sulfone groups is 2. The highest BCUT2D eigenvalue weighted by Gasteiger charge is 2.51. The number of hydrogen-bond donors (Lipinski definition) is 4. The maximum atomic E-state index is 14.3. The van der Waals surface area contributed by atoms with E-state index in [1.165, 1.54) is 18.6 Å². The van der Waals surface area contributed by atoms with Gasteiger partial charge in [-0.05, 0) is 136 Å². The van der Waals surface area contributed by atoms with Gasteiger partial charge in [-0.3, -0.25) is 28.7 Å². The molecule has 0 aliphatic carbocycles. The van der Waals surface area contributed by atoms with Crippen molar-refractivity contribution in [2.75, 3.05) is 34.6 Å². The molecule has 6 aromatic heterocycles. The van der Waals surface area contributed by atoms with E-state index in [1.54, 1.807) is 57.9 Å². The first-order valence-electron chi connectivity index (χ1n) is 27.9. The van der Waals surface area contributed by atoms with Gasteiger partial charge in [0.2, 0.25) is 17.6 Å². The van der Waals surface area contributed by atoms with Crippen LogP contribution in [0.5, 0.6) is 0 Å². The first-order valence-corrected chi connectivity index (χ1v) is 32.4. The standard InChI is InChI=1S/C29H25N7O3S.C22H17ClN6O.C13H20BNO4S/c1-18(34-27-21(15-30)16-33-29(31)35-27)25-14-20-7-6-10-24(19-11-12-32-22(13-19)17-40(2,38)39)26(20)28(37)36(25)23-8-4-3-5-9-23;1-13(27-20-17(25-2)12-26-22(24)28-20)18-11-14-7-6-10-16(23)19(14)21(30)29(18)15-8-4-3-5-9-15;1-12(2)13(3,4)19-14(18-12)10-6-7-15-11(8-10)9-20(5,16)17/h3-14,16,18H,17H2,1-2H3,(H3,31,33,34,35);3-13H,1H3,(H3,24,26,27,28);6-8H,9H2,1-5H3/t18-;13-;/m00./s1. The molecule has 7 heterocycles. The summed E-state index contributed by atoms with van der Waals surface area (Å²) in [5.74, 6) is 0.362. The quantitative estimate of drug-likeness (QED) is 0.0581. The smallest absolute Gasteiger partial charge is 0.399 e. The normalized spacial score (nSPS) is 14.0. The molecule has 11 rings (SSSR count). The number of nitrogen functional groups attached to an aromatic ring is 2. The highest BCUT2D eigenvalue weighted by molar-refractivity contribution is 7.90. The van der Waals surface area contributed by atoms with Crippen LogP contribution in [0, 0.1) is 17.9 Å². The molecule has 0 bridgehead atoms. The van der Waals surface area contributed by atoms with E-state index in [0.717, 1.165) is 17.1 Å². The number of fused-ring (bicyclic) bond motifs is 2. The van der Waals surface area contributed by atoms with Gasteiger partial charge in [0, 0.05) is 53.9 Å². The Hall–Kier alpha value is -9.89. The number of pyridine rings is 4. The van der Waals surface area contributed by atoms with Gasteiger partial charge in [-0.25, -0.2) is 36.6 Å². The number of nitrogens with two attached hydrogens (primary N) is 2. The number of anilines is 4. The molecular weight excluding hydrogens is 1200 g/mol. The maximum Gasteiger partial charge on any atom is 0.494 e. The van der Waals surface area contributed by atoms with Crippen LogP contribution in [0.15, 0.2) is 168 Å². The van der Waals surface area contributed by atoms with Gasteiger partial charge in [0.25, 0.3) is 11.1 Å². The molecule has 0 amide bonds. The molecule has 0 radical (unpaired) electrons. The lowest BCUT2D eigenvalue weighted by Crippen LogP contribution is -2.41. The summed E-state index contributed by atoms with van der Waals surface area (Å²) in [6.07, 6.45) is 8.20. The molecule has 0 unspecified atom stereocenters. The number of nitriles is 1. The Kier molecular flexibility index (Phi) is 19.0. The van der Waals surface area contributed by atoms with Gasteiger partial charge in [-0.2, -0.15) is 10.2 Å². The van der Waals surface area contributed by atoms with Crippen molar-refractivity contribution in [2.24, 2.45) is 0 Å². The molecule has 22 nitrogen and oxygen atoms in total. The fraction of sp³-hybridized carbons (Fsp3) is 0.219. The predicted octanol–water partition coefficient (Wildman–Crippen LogP) is 9.68. The average molecular weight is 1270 g/mol. The van der Waals surface area contributed by atoms with E-state index < -0.39 is 44.0 Å². The van der Waals surface area contributed by atoms with Crippen LogP contribution in [0.1, 0.15) is 82.0 Å². The number of aromatic nitrogens is 8. The Labute approximate surface area is 525 Å². The van der Waals surface area contributed by atoms with Gasteiger partial charge in [0.05, 0.1) is 74.7 Å². The van der Waals surface area contributed by atoms with Crippen LogP contribution in [-0.2, 0) is 40.5 Å². The van der Waals surface area contributed by atoms with Crippen molar-refractivity contribution in [3.63, 3.8) is 0 Å². The summed E-state index contributed by atoms with van der Waals surface area (Å²) in [4.78, 5) is 55.6. The molecule has 4 aromatic carbocycles. The molecule has 458 valence electrons. The Balaban J connectivity index is 0.000000170. The molecule has 1 saturated heterocycles. The van der Waals surface area contributed by atoms with Gasteiger partial charge < -0.3 is 31.4 Å². The summed E-state index contributed by atoms with van der Waals surface area (Å²) < 4.78 is 61.5. The van der Waals surface area contributed by atoms with Gasteiger partial charge in [-0.15, -0.1) is 0 Å². The highest BCUT2D eigenvalue weighted by atomic mass is 35.5. The fourth-order valence-corrected chi connectivity index (χ4v) is 11.6. The maximum absolute atomic E-state index is 14.3. The average Bonchev–Trinajstić information content (AvgIpc) is 0.870. The van der Waals surface area contributed by atoms with Crippen LogP contribution in [0.4, 0.5) is 29.2 Å². The first-order chi connectivity index (χ1) is 42.6. The minimum absolute atomic E-state index is 0.0184. The number of nitrogens with one attached hydrogen (secondary N) is 2. The largest absolute Gasteiger partial charge is 0.494 e. The molecule has 1 aliphatic heterocycles. The van der Waals surface area contributed by atoms with Crippen molar-refractivity contribution in [1.82, 2.24) is 39.0 Å². The van der Waals surface area contributed by atoms with Crippen LogP contribution in [0.2, 0.25) is 5.02 Å². The van der Waals surface area contributed by atoms with E-state index in [4.69, 9.17) is 38.9 Å². The SMILES string of the molecule is CC1(C)OB(c2ccnc(CS(C)(=O)=O)c2)OC1(C)C.C[C@H](Nc1nc(N)ncc1C#N)c1cc2cccc(-c3ccnc(CS(C)(=O)=O)c3)c2c(=O)n1-c1ccccc1.[C-]#[N+]c1cnc(N)nc1N[C@@H](C)c1cc2cccc(Cl)c2c(=O)n1-c1ccccc1. The van der Waals surface area contributed by atoms with Gasteiger partial charge in [0.15, 0.2) is 19.7 Å². The lowest BCUT2D eigenvalue weighted by Gasteiger charge is -2.32. The Morgan fingerprint density at radius 3 is 1.69 bits per heavy atom. The van der Waals surface area contributed by atoms with Crippen LogP contribution >= 0.6 is 11.6 Å². The lowest BCUT2D eigenvalue weighted by molar-refractivity contribution is 0.00578. The van der Waals surface area contributed by atoms with E-state index >= 15 is 0 Å². The molecule has 26 heteroatoms. The van der Waals surface area contributed by atoms with Gasteiger partial charge >= 0.3 is 7.12 Å². The zero-order valence-electron chi connectivity index (χ0n) is 50.2. The number of halogens is 1. The first kappa shape index (κ1) is 64.6. The summed E-state index contributed by atoms with van der Waals surface area (Å²) in [6.45, 7) is 19.0. The summed E-state index contributed by atoms with van der Waals surface area (Å²) >= 11 is 6.35. The second-order valence-electron chi connectivity index (χ2n) is 22.3. The molecule has 1 aliphatic rings. The zero-order chi connectivity index (χ0) is 64.9. The summed E-state index contributed by atoms with van der Waals surface area (Å²) in [7, 11) is -6.90. The zero-order valence-corrected chi connectivity index (χ0v) is 52.6. The van der Waals surface area contributed by atoms with Crippen LogP contribution in [0.25, 0.3) is 48.9 Å². The minimum Gasteiger partial charge on any atom is -0.399 e. The monoisotopic (exact) mass is 1260 g/mol. The molecule has 6 N–H and O–H groups in total. The second kappa shape index (κ2) is 26.4. The van der Waals surface area contributed by atoms with Crippen molar-refractivity contribution in [2.45, 2.75) is 76.3 Å². The number of benzene rings is 4. The molecule has 10 aromatic rings. The molecule has 0 saturated carbocycles. The van der Waals surface area contributed by atoms with Crippen LogP contribution in [-0.4, -0.2) is 86.7 Å². The summed E-state index contributed by atoms with van der Waals surface area (Å²) in [5.41, 5.74) is 16.3. The van der Waals surface area contributed by atoms with Gasteiger partial charge in [0.1, 0.15) is 23.3 Å². The van der Waals surface area contributed by atoms with Crippen LogP contribution in [0.3, 0.4) is 0 Å². The van der Waals surface area contributed by atoms with Gasteiger partial charge in [-0.1, -0.05) is 78.3 Å². The van der Waals surface area contributed by atoms with Crippen molar-refractivity contribution in [3.8, 4) is 28.6 Å².